The van der Waals surface area contributed by atoms with Crippen molar-refractivity contribution in [3.05, 3.63) is 242 Å². The lowest BCUT2D eigenvalue weighted by Crippen LogP contribution is -2.50. The van der Waals surface area contributed by atoms with Gasteiger partial charge >= 0.3 is 0 Å². The fourth-order valence-corrected chi connectivity index (χ4v) is 24.1. The highest BCUT2D eigenvalue weighted by atomic mass is 32.2. The number of hydrogen-bond acceptors (Lipinski definition) is 12. The van der Waals surface area contributed by atoms with Gasteiger partial charge in [0.2, 0.25) is 5.91 Å². The van der Waals surface area contributed by atoms with Gasteiger partial charge < -0.3 is 35.1 Å². The van der Waals surface area contributed by atoms with Crippen molar-refractivity contribution < 1.29 is 13.2 Å². The van der Waals surface area contributed by atoms with Crippen LogP contribution in [0.4, 0.5) is 0 Å². The molecule has 0 atom stereocenters. The summed E-state index contributed by atoms with van der Waals surface area (Å²) >= 11 is 0. The molecule has 0 spiro atoms. The van der Waals surface area contributed by atoms with Gasteiger partial charge in [0.05, 0.1) is 44.8 Å². The van der Waals surface area contributed by atoms with Gasteiger partial charge in [0.15, 0.2) is 9.84 Å². The minimum Gasteiger partial charge on any atom is -0.369 e. The first kappa shape index (κ1) is 113. The molecule has 7 aromatic rings. The Balaban J connectivity index is 0.000000149. The number of rotatable bonds is 13. The van der Waals surface area contributed by atoms with Gasteiger partial charge in [-0.2, -0.15) is 15.8 Å². The summed E-state index contributed by atoms with van der Waals surface area (Å²) in [6.07, 6.45) is 34.8. The maximum atomic E-state index is 12.3. The van der Waals surface area contributed by atoms with Crippen LogP contribution in [0.2, 0.25) is 0 Å². The van der Waals surface area contributed by atoms with E-state index in [1.165, 1.54) is 210 Å². The maximum absolute atomic E-state index is 12.3. The van der Waals surface area contributed by atoms with Crippen LogP contribution in [0.25, 0.3) is 0 Å². The zero-order chi connectivity index (χ0) is 104. The van der Waals surface area contributed by atoms with E-state index in [0.717, 1.165) is 145 Å². The lowest BCUT2D eigenvalue weighted by molar-refractivity contribution is -0.125. The third-order valence-electron chi connectivity index (χ3n) is 35.4. The number of sulfone groups is 1. The van der Waals surface area contributed by atoms with Gasteiger partial charge in [-0.1, -0.05) is 349 Å². The molecule has 5 saturated carbocycles. The monoisotopic (exact) mass is 1950 g/mol. The van der Waals surface area contributed by atoms with E-state index in [1.807, 2.05) is 12.1 Å². The van der Waals surface area contributed by atoms with Gasteiger partial charge in [-0.25, -0.2) is 8.42 Å². The number of nitrogens with zero attached hydrogens (tertiary/aromatic N) is 9. The molecule has 0 unspecified atom stereocenters. The van der Waals surface area contributed by atoms with E-state index in [-0.39, 0.29) is 60.1 Å². The average molecular weight is 1950 g/mol. The zero-order valence-electron chi connectivity index (χ0n) is 93.4. The van der Waals surface area contributed by atoms with Crippen molar-refractivity contribution in [2.24, 2.45) is 5.73 Å². The lowest BCUT2D eigenvalue weighted by atomic mass is 9.71. The van der Waals surface area contributed by atoms with Crippen LogP contribution in [0.15, 0.2) is 175 Å². The first-order chi connectivity index (χ1) is 66.6. The van der Waals surface area contributed by atoms with Crippen molar-refractivity contribution in [1.29, 1.82) is 15.8 Å². The van der Waals surface area contributed by atoms with Crippen molar-refractivity contribution in [1.82, 2.24) is 29.4 Å². The van der Waals surface area contributed by atoms with Crippen LogP contribution < -0.4 is 5.73 Å². The summed E-state index contributed by atoms with van der Waals surface area (Å²) in [5, 5.41) is 29.6. The van der Waals surface area contributed by atoms with Gasteiger partial charge in [-0.05, 0) is 321 Å². The second kappa shape index (κ2) is 46.3. The molecule has 0 bridgehead atoms. The van der Waals surface area contributed by atoms with Crippen molar-refractivity contribution in [3.8, 4) is 18.2 Å². The van der Waals surface area contributed by atoms with Gasteiger partial charge in [0.25, 0.3) is 0 Å². The summed E-state index contributed by atoms with van der Waals surface area (Å²) in [6.45, 7) is 65.2. The molecule has 5 aliphatic carbocycles. The third-order valence-corrected chi connectivity index (χ3v) is 36.5. The van der Waals surface area contributed by atoms with E-state index >= 15 is 0 Å². The SMILES string of the molecule is CC(C)(C)c1ccc(C2(C#N)CCN(C3CC3)CC2)cc1.CC(C)(C)c1ccc(C2(C#N)CCN(C3CCC3)CC2)cc1.CC(C)(C)c1ccc(C2(C#N)CCN(C3CCCC3)CC2)cc1.CC(C)(C)c1ccc(C2(C(N)=O)CCN(C3CC3)CC2)cc1.CC(C)(C)c1ccc(C2(C)CCN(C3CCCC3)CC2)cc1.CC(C)(C)c1ccc(S(C)(=O)=O)cc1.CN1CCC(C)(c2ccc(C(C)(C)C)cc2)CC1. The number of likely N-dealkylation sites (tertiary alicyclic amines) is 6. The van der Waals surface area contributed by atoms with E-state index in [2.05, 4.69) is 359 Å². The van der Waals surface area contributed by atoms with E-state index in [4.69, 9.17) is 5.73 Å². The van der Waals surface area contributed by atoms with Gasteiger partial charge in [-0.15, -0.1) is 0 Å². The van der Waals surface area contributed by atoms with Crippen LogP contribution in [0, 0.1) is 34.0 Å². The Morgan fingerprint density at radius 3 is 0.669 bits per heavy atom. The van der Waals surface area contributed by atoms with Crippen LogP contribution in [-0.2, 0) is 85.0 Å². The van der Waals surface area contributed by atoms with Crippen LogP contribution in [0.3, 0.4) is 0 Å². The number of primary amides is 1. The van der Waals surface area contributed by atoms with Crippen molar-refractivity contribution >= 4 is 15.7 Å². The number of nitriles is 3. The van der Waals surface area contributed by atoms with Gasteiger partial charge in [0, 0.05) is 75.7 Å². The summed E-state index contributed by atoms with van der Waals surface area (Å²) in [6, 6.07) is 73.0. The number of carbonyl (C=O) groups excluding carboxylic acids is 1. The molecule has 11 fully saturated rings. The molecule has 6 aliphatic heterocycles. The van der Waals surface area contributed by atoms with Crippen LogP contribution >= 0.6 is 0 Å². The number of carbonyl (C=O) groups is 1. The van der Waals surface area contributed by atoms with E-state index in [9.17, 15) is 29.0 Å². The number of amides is 1. The van der Waals surface area contributed by atoms with Crippen molar-refractivity contribution in [2.75, 3.05) is 91.8 Å². The van der Waals surface area contributed by atoms with Gasteiger partial charge in [-0.3, -0.25) is 4.79 Å². The molecular weight excluding hydrogens is 1760 g/mol. The minimum atomic E-state index is -3.07. The zero-order valence-corrected chi connectivity index (χ0v) is 94.2. The quantitative estimate of drug-likeness (QED) is 0.116. The average Bonchev–Trinajstić information content (AvgIpc) is 0.867. The smallest absolute Gasteiger partial charge is 0.228 e. The molecule has 11 aliphatic rings. The maximum Gasteiger partial charge on any atom is 0.228 e. The highest BCUT2D eigenvalue weighted by Gasteiger charge is 2.47. The van der Waals surface area contributed by atoms with E-state index < -0.39 is 15.3 Å². The largest absolute Gasteiger partial charge is 0.369 e. The number of hydrogen-bond donors (Lipinski definition) is 1. The Morgan fingerprint density at radius 2 is 0.472 bits per heavy atom. The highest BCUT2D eigenvalue weighted by molar-refractivity contribution is 7.90. The fraction of sp³-hybridized carbons (Fsp3) is 0.641. The fourth-order valence-electron chi connectivity index (χ4n) is 23.5. The van der Waals surface area contributed by atoms with Crippen LogP contribution in [0.1, 0.15) is 405 Å². The molecule has 7 aromatic carbocycles. The molecule has 0 aromatic heterocycles. The number of benzene rings is 7. The molecule has 18 rings (SSSR count). The molecule has 13 nitrogen and oxygen atoms in total. The highest BCUT2D eigenvalue weighted by Crippen LogP contribution is 2.47. The molecule has 2 N–H and O–H groups in total. The Hall–Kier alpha value is -7.81. The first-order valence-electron chi connectivity index (χ1n) is 55.5. The predicted molar refractivity (Wildman–Crippen MR) is 596 cm³/mol. The Labute approximate surface area is 864 Å². The Morgan fingerprint density at radius 1 is 0.282 bits per heavy atom. The standard InChI is InChI=1S/C21H30N2.C21H33N.C20H28N2.C19H28N2O.C19H26N2.C17H27N.C11H16O2S/c1-20(2,3)17-8-10-18(11-9-17)21(16-22)12-14-23(15-13-21)19-6-4-5-7-19;1-20(2,3)17-9-11-18(12-10-17)21(4)13-15-22(16-14-21)19-7-5-6-8-19;1-19(2,3)16-7-9-17(10-8-16)20(15-21)11-13-22(14-12-20)18-5-4-6-18;1-18(2,3)14-4-6-15(7-5-14)19(17(20)22)10-12-21(13-11-19)16-8-9-16;1-18(2,3)15-4-6-16(7-5-15)19(14-20)10-12-21(13-11-19)17-8-9-17;1-16(2,3)14-6-8-15(9-7-14)17(4)10-12-18(5)13-11-17;1-11(2,3)9-5-7-10(8-6-9)14(4,12)13/h8-11,19H,4-7,12-15H2,1-3H3;9-12,19H,5-8,13-16H2,1-4H3;7-10,18H,4-6,11-14H2,1-3H3;4-7,16H,8-13H2,1-3H3,(H2,20,22);4-7,17H,8-13H2,1-3H3;6-9H,10-13H2,1-5H3;5-8H,1-4H3. The normalized spacial score (nSPS) is 21.7. The Kier molecular flexibility index (Phi) is 36.8. The third kappa shape index (κ3) is 29.2. The van der Waals surface area contributed by atoms with E-state index in [1.54, 1.807) is 17.7 Å². The summed E-state index contributed by atoms with van der Waals surface area (Å²) in [5.74, 6) is -0.161. The summed E-state index contributed by atoms with van der Waals surface area (Å²) < 4.78 is 22.4. The van der Waals surface area contributed by atoms with Crippen LogP contribution in [0.5, 0.6) is 0 Å². The van der Waals surface area contributed by atoms with Crippen molar-refractivity contribution in [2.45, 2.75) is 438 Å². The van der Waals surface area contributed by atoms with Crippen molar-refractivity contribution in [3.63, 3.8) is 0 Å². The molecule has 142 heavy (non-hydrogen) atoms. The molecule has 14 heteroatoms. The molecule has 6 heterocycles. The molecule has 0 radical (unpaired) electrons. The van der Waals surface area contributed by atoms with Gasteiger partial charge in [0.1, 0.15) is 0 Å². The minimum absolute atomic E-state index is 0.0655. The molecular formula is C128H188N10O3S. The second-order valence-corrected chi connectivity index (χ2v) is 55.1. The lowest BCUT2D eigenvalue weighted by Gasteiger charge is -2.44. The first-order valence-corrected chi connectivity index (χ1v) is 57.4. The number of nitrogens with two attached hydrogens (primary N) is 1. The topological polar surface area (TPSA) is 168 Å². The predicted octanol–water partition coefficient (Wildman–Crippen LogP) is 27.8. The van der Waals surface area contributed by atoms with Crippen LogP contribution in [-0.4, -0.2) is 166 Å². The molecule has 774 valence electrons. The molecule has 6 saturated heterocycles. The Bertz CT molecular complexity index is 5380. The summed E-state index contributed by atoms with van der Waals surface area (Å²) in [7, 11) is -0.841. The number of piperidine rings is 6. The summed E-state index contributed by atoms with van der Waals surface area (Å²) in [4.78, 5) is 28.2. The van der Waals surface area contributed by atoms with E-state index in [0.29, 0.717) is 15.7 Å². The summed E-state index contributed by atoms with van der Waals surface area (Å²) in [5.41, 5.74) is 23.7. The second-order valence-electron chi connectivity index (χ2n) is 53.1. The molecule has 1 amide bonds.